The number of nitrogens with zero attached hydrogens (tertiary/aromatic N) is 1. The summed E-state index contributed by atoms with van der Waals surface area (Å²) in [6, 6.07) is 0. The van der Waals surface area contributed by atoms with Crippen molar-refractivity contribution in [1.82, 2.24) is 4.47 Å². The minimum Gasteiger partial charge on any atom is -0.468 e. The maximum atomic E-state index is 11.4. The number of methoxy groups -OCH3 is 1. The monoisotopic (exact) mass is 211 g/mol. The lowest BCUT2D eigenvalue weighted by atomic mass is 10.5. The minimum atomic E-state index is -3.76. The minimum absolute atomic E-state index is 0.620. The summed E-state index contributed by atoms with van der Waals surface area (Å²) in [7, 11) is -0.239. The molecule has 0 rings (SSSR count). The fourth-order valence-corrected chi connectivity index (χ4v) is 1.61. The van der Waals surface area contributed by atoms with Crippen LogP contribution in [0.3, 0.4) is 0 Å². The lowest BCUT2D eigenvalue weighted by Crippen LogP contribution is -2.38. The second kappa shape index (κ2) is 4.54. The molecule has 0 spiro atoms. The number of carbonyl (C=O) groups excluding carboxylic acids is 1. The molecule has 0 radical (unpaired) electrons. The molecule has 1 atom stereocenters. The predicted octanol–water partition coefficient (Wildman–Crippen LogP) is -0.629. The quantitative estimate of drug-likeness (QED) is 0.457. The van der Waals surface area contributed by atoms with E-state index in [9.17, 15) is 13.2 Å². The Bertz CT molecular complexity index is 273. The van der Waals surface area contributed by atoms with Gasteiger partial charge in [-0.25, -0.2) is 8.42 Å². The van der Waals surface area contributed by atoms with Gasteiger partial charge in [-0.15, -0.1) is 0 Å². The Morgan fingerprint density at radius 2 is 1.85 bits per heavy atom. The molecule has 0 aliphatic carbocycles. The second-order valence-corrected chi connectivity index (χ2v) is 4.55. The second-order valence-electron chi connectivity index (χ2n) is 2.30. The Morgan fingerprint density at radius 3 is 2.15 bits per heavy atom. The lowest BCUT2D eigenvalue weighted by Gasteiger charge is -2.17. The maximum absolute atomic E-state index is 11.4. The third kappa shape index (κ3) is 2.64. The molecule has 0 heterocycles. The van der Waals surface area contributed by atoms with Crippen molar-refractivity contribution in [1.29, 1.82) is 0 Å². The normalized spacial score (nSPS) is 14.2. The van der Waals surface area contributed by atoms with Gasteiger partial charge in [-0.2, -0.15) is 0 Å². The highest BCUT2D eigenvalue weighted by molar-refractivity contribution is 7.90. The zero-order valence-corrected chi connectivity index (χ0v) is 8.79. The summed E-state index contributed by atoms with van der Waals surface area (Å²) in [5.41, 5.74) is 0. The van der Waals surface area contributed by atoms with Crippen LogP contribution in [0.1, 0.15) is 6.92 Å². The molecule has 0 saturated carbocycles. The van der Waals surface area contributed by atoms with Gasteiger partial charge < -0.3 is 4.74 Å². The Labute approximate surface area is 77.4 Å². The molecule has 0 aromatic heterocycles. The van der Waals surface area contributed by atoms with Crippen LogP contribution in [0.2, 0.25) is 0 Å². The lowest BCUT2D eigenvalue weighted by molar-refractivity contribution is -0.140. The van der Waals surface area contributed by atoms with Gasteiger partial charge in [-0.1, -0.05) is 4.47 Å². The summed E-state index contributed by atoms with van der Waals surface area (Å²) < 4.78 is 27.6. The van der Waals surface area contributed by atoms with Crippen molar-refractivity contribution in [3.8, 4) is 0 Å². The van der Waals surface area contributed by atoms with Gasteiger partial charge in [0.05, 0.1) is 14.2 Å². The van der Waals surface area contributed by atoms with Crippen molar-refractivity contribution < 1.29 is 22.8 Å². The van der Waals surface area contributed by atoms with Gasteiger partial charge in [0.15, 0.2) is 5.25 Å². The highest BCUT2D eigenvalue weighted by atomic mass is 32.2. The molecule has 78 valence electrons. The molecule has 6 nitrogen and oxygen atoms in total. The number of carbonyl (C=O) groups is 1. The molecule has 0 fully saturated rings. The van der Waals surface area contributed by atoms with Crippen molar-refractivity contribution in [2.45, 2.75) is 12.2 Å². The van der Waals surface area contributed by atoms with Crippen molar-refractivity contribution in [2.24, 2.45) is 0 Å². The third-order valence-electron chi connectivity index (χ3n) is 1.60. The summed E-state index contributed by atoms with van der Waals surface area (Å²) in [5.74, 6) is -0.816. The molecule has 0 N–H and O–H groups in total. The van der Waals surface area contributed by atoms with Crippen molar-refractivity contribution in [3.63, 3.8) is 0 Å². The van der Waals surface area contributed by atoms with E-state index in [4.69, 9.17) is 0 Å². The number of rotatable bonds is 4. The van der Waals surface area contributed by atoms with Crippen LogP contribution in [0.15, 0.2) is 0 Å². The first-order valence-electron chi connectivity index (χ1n) is 3.47. The van der Waals surface area contributed by atoms with E-state index in [0.29, 0.717) is 4.47 Å². The Balaban J connectivity index is 4.75. The molecule has 1 unspecified atom stereocenters. The van der Waals surface area contributed by atoms with Gasteiger partial charge in [-0.3, -0.25) is 9.63 Å². The number of ether oxygens (including phenoxy) is 1. The van der Waals surface area contributed by atoms with Crippen LogP contribution in [0.4, 0.5) is 0 Å². The summed E-state index contributed by atoms with van der Waals surface area (Å²) in [6.45, 7) is 1.23. The van der Waals surface area contributed by atoms with Crippen molar-refractivity contribution in [2.75, 3.05) is 21.3 Å². The fourth-order valence-electron chi connectivity index (χ4n) is 0.614. The number of hydrogen-bond donors (Lipinski definition) is 0. The van der Waals surface area contributed by atoms with Crippen molar-refractivity contribution in [3.05, 3.63) is 0 Å². The SMILES string of the molecule is COC(=O)C(C)S(=O)(=O)N(C)OC. The third-order valence-corrected chi connectivity index (χ3v) is 3.55. The van der Waals surface area contributed by atoms with Gasteiger partial charge in [0.2, 0.25) is 10.0 Å². The molecular formula is C6H13NO5S. The van der Waals surface area contributed by atoms with E-state index in [1.165, 1.54) is 21.1 Å². The number of hydroxylamine groups is 1. The van der Waals surface area contributed by atoms with E-state index in [0.717, 1.165) is 7.11 Å². The smallest absolute Gasteiger partial charge is 0.325 e. The number of hydrogen-bond acceptors (Lipinski definition) is 5. The first-order valence-corrected chi connectivity index (χ1v) is 4.98. The van der Waals surface area contributed by atoms with E-state index < -0.39 is 21.2 Å². The Hall–Kier alpha value is -0.660. The summed E-state index contributed by atoms with van der Waals surface area (Å²) in [5, 5.41) is -1.26. The first kappa shape index (κ1) is 12.3. The van der Waals surface area contributed by atoms with Crippen LogP contribution in [0.25, 0.3) is 0 Å². The van der Waals surface area contributed by atoms with Gasteiger partial charge in [0, 0.05) is 7.05 Å². The highest BCUT2D eigenvalue weighted by Gasteiger charge is 2.32. The molecule has 0 aromatic carbocycles. The standard InChI is InChI=1S/C6H13NO5S/c1-5(6(8)11-3)13(9,10)7(2)12-4/h5H,1-4H3. The van der Waals surface area contributed by atoms with Crippen LogP contribution in [-0.4, -0.2) is 45.4 Å². The Kier molecular flexibility index (Phi) is 4.31. The van der Waals surface area contributed by atoms with Gasteiger partial charge >= 0.3 is 5.97 Å². The van der Waals surface area contributed by atoms with Gasteiger partial charge in [0.25, 0.3) is 0 Å². The van der Waals surface area contributed by atoms with Crippen LogP contribution in [0, 0.1) is 0 Å². The molecule has 0 saturated heterocycles. The highest BCUT2D eigenvalue weighted by Crippen LogP contribution is 2.07. The molecule has 0 aromatic rings. The molecule has 7 heteroatoms. The molecule has 13 heavy (non-hydrogen) atoms. The summed E-state index contributed by atoms with van der Waals surface area (Å²) in [6.07, 6.45) is 0. The number of sulfonamides is 1. The van der Waals surface area contributed by atoms with Crippen LogP contribution >= 0.6 is 0 Å². The van der Waals surface area contributed by atoms with Crippen LogP contribution in [0.5, 0.6) is 0 Å². The topological polar surface area (TPSA) is 72.9 Å². The van der Waals surface area contributed by atoms with Crippen LogP contribution < -0.4 is 0 Å². The van der Waals surface area contributed by atoms with E-state index in [2.05, 4.69) is 9.57 Å². The molecule has 0 aliphatic heterocycles. The van der Waals surface area contributed by atoms with E-state index in [1.54, 1.807) is 0 Å². The maximum Gasteiger partial charge on any atom is 0.325 e. The van der Waals surface area contributed by atoms with E-state index in [1.807, 2.05) is 0 Å². The largest absolute Gasteiger partial charge is 0.468 e. The zero-order valence-electron chi connectivity index (χ0n) is 7.97. The average molecular weight is 211 g/mol. The first-order chi connectivity index (χ1) is 5.87. The fraction of sp³-hybridized carbons (Fsp3) is 0.833. The molecular weight excluding hydrogens is 198 g/mol. The molecule has 0 bridgehead atoms. The Morgan fingerprint density at radius 1 is 1.38 bits per heavy atom. The zero-order chi connectivity index (χ0) is 10.6. The number of esters is 1. The van der Waals surface area contributed by atoms with E-state index in [-0.39, 0.29) is 0 Å². The van der Waals surface area contributed by atoms with Gasteiger partial charge in [0.1, 0.15) is 0 Å². The molecule has 0 amide bonds. The van der Waals surface area contributed by atoms with Crippen molar-refractivity contribution >= 4 is 16.0 Å². The van der Waals surface area contributed by atoms with Crippen LogP contribution in [-0.2, 0) is 24.4 Å². The summed E-state index contributed by atoms with van der Waals surface area (Å²) in [4.78, 5) is 15.4. The molecule has 0 aliphatic rings. The summed E-state index contributed by atoms with van der Waals surface area (Å²) >= 11 is 0. The van der Waals surface area contributed by atoms with Gasteiger partial charge in [-0.05, 0) is 6.92 Å². The van der Waals surface area contributed by atoms with E-state index >= 15 is 0 Å². The predicted molar refractivity (Wildman–Crippen MR) is 45.2 cm³/mol. The average Bonchev–Trinajstić information content (AvgIpc) is 2.13.